The summed E-state index contributed by atoms with van der Waals surface area (Å²) in [6.45, 7) is 0. The summed E-state index contributed by atoms with van der Waals surface area (Å²) in [7, 11) is 0. The van der Waals surface area contributed by atoms with E-state index in [1.165, 1.54) is 26.9 Å². The predicted molar refractivity (Wildman–Crippen MR) is 193 cm³/mol. The van der Waals surface area contributed by atoms with E-state index >= 15 is 0 Å². The lowest BCUT2D eigenvalue weighted by atomic mass is 9.96. The molecule has 4 heteroatoms. The lowest BCUT2D eigenvalue weighted by Crippen LogP contribution is -2.00. The lowest BCUT2D eigenvalue weighted by Gasteiger charge is -2.11. The average molecular weight is 600 g/mol. The van der Waals surface area contributed by atoms with Gasteiger partial charge in [0, 0.05) is 32.8 Å². The van der Waals surface area contributed by atoms with Gasteiger partial charge < -0.3 is 4.42 Å². The van der Waals surface area contributed by atoms with Gasteiger partial charge >= 0.3 is 0 Å². The molecule has 4 nitrogen and oxygen atoms in total. The summed E-state index contributed by atoms with van der Waals surface area (Å²) in [6, 6.07) is 52.9. The van der Waals surface area contributed by atoms with Crippen LogP contribution in [-0.2, 0) is 0 Å². The quantitative estimate of drug-likeness (QED) is 0.190. The molecule has 2 aromatic heterocycles. The summed E-state index contributed by atoms with van der Waals surface area (Å²) < 4.78 is 6.24. The standard InChI is InChI=1S/C43H25N3O/c1-3-9-29-23-32(17-13-26(29)7-1)41-44-42(33-18-14-27-8-2-4-10-30(27)24-33)46-43(45-41)34-19-21-35-31(25-34)16-15-28-20-22-38-40(39(28)35)36-11-5-6-12-37(36)47-38/h1-25H. The van der Waals surface area contributed by atoms with Crippen LogP contribution in [-0.4, -0.2) is 15.0 Å². The Hall–Kier alpha value is -6.39. The fraction of sp³-hybridized carbons (Fsp3) is 0. The number of nitrogens with zero attached hydrogens (tertiary/aromatic N) is 3. The minimum atomic E-state index is 0.639. The first-order chi connectivity index (χ1) is 23.2. The molecule has 0 aliphatic heterocycles. The second kappa shape index (κ2) is 10.1. The van der Waals surface area contributed by atoms with Crippen LogP contribution < -0.4 is 0 Å². The molecular weight excluding hydrogens is 574 g/mol. The first-order valence-electron chi connectivity index (χ1n) is 15.8. The molecule has 0 N–H and O–H groups in total. The number of furan rings is 1. The van der Waals surface area contributed by atoms with Crippen molar-refractivity contribution in [3.8, 4) is 34.2 Å². The molecule has 0 aliphatic carbocycles. The summed E-state index contributed by atoms with van der Waals surface area (Å²) in [5.41, 5.74) is 4.64. The molecule has 2 heterocycles. The second-order valence-electron chi connectivity index (χ2n) is 12.1. The van der Waals surface area contributed by atoms with Crippen LogP contribution in [0.4, 0.5) is 0 Å². The molecule has 10 aromatic rings. The molecular formula is C43H25N3O. The maximum atomic E-state index is 6.24. The first-order valence-corrected chi connectivity index (χ1v) is 15.8. The Bertz CT molecular complexity index is 2770. The molecule has 0 saturated carbocycles. The number of aromatic nitrogens is 3. The van der Waals surface area contributed by atoms with E-state index in [1.54, 1.807) is 0 Å². The summed E-state index contributed by atoms with van der Waals surface area (Å²) in [6.07, 6.45) is 0. The Labute approximate surface area is 269 Å². The Morgan fingerprint density at radius 3 is 1.47 bits per heavy atom. The van der Waals surface area contributed by atoms with Crippen molar-refractivity contribution < 1.29 is 4.42 Å². The molecule has 0 atom stereocenters. The van der Waals surface area contributed by atoms with Crippen LogP contribution in [0.15, 0.2) is 156 Å². The van der Waals surface area contributed by atoms with Crippen LogP contribution in [0.5, 0.6) is 0 Å². The normalized spacial score (nSPS) is 11.8. The van der Waals surface area contributed by atoms with Crippen LogP contribution in [0.2, 0.25) is 0 Å². The van der Waals surface area contributed by atoms with E-state index in [2.05, 4.69) is 140 Å². The highest BCUT2D eigenvalue weighted by atomic mass is 16.3. The van der Waals surface area contributed by atoms with Gasteiger partial charge in [0.25, 0.3) is 0 Å². The monoisotopic (exact) mass is 599 g/mol. The van der Waals surface area contributed by atoms with Crippen molar-refractivity contribution in [3.63, 3.8) is 0 Å². The van der Waals surface area contributed by atoms with E-state index < -0.39 is 0 Å². The Balaban J connectivity index is 1.19. The van der Waals surface area contributed by atoms with Gasteiger partial charge in [-0.25, -0.2) is 15.0 Å². The number of benzene rings is 8. The lowest BCUT2D eigenvalue weighted by molar-refractivity contribution is 0.669. The van der Waals surface area contributed by atoms with Crippen LogP contribution in [0, 0.1) is 0 Å². The van der Waals surface area contributed by atoms with E-state index in [0.29, 0.717) is 17.5 Å². The molecule has 0 fully saturated rings. The van der Waals surface area contributed by atoms with Gasteiger partial charge in [-0.3, -0.25) is 0 Å². The molecule has 218 valence electrons. The van der Waals surface area contributed by atoms with Crippen molar-refractivity contribution in [1.82, 2.24) is 15.0 Å². The highest BCUT2D eigenvalue weighted by Crippen LogP contribution is 2.39. The molecule has 10 rings (SSSR count). The molecule has 0 aliphatic rings. The van der Waals surface area contributed by atoms with Gasteiger partial charge in [0.1, 0.15) is 11.2 Å². The number of fused-ring (bicyclic) bond motifs is 9. The summed E-state index contributed by atoms with van der Waals surface area (Å²) in [5.74, 6) is 1.93. The van der Waals surface area contributed by atoms with E-state index in [-0.39, 0.29) is 0 Å². The van der Waals surface area contributed by atoms with Gasteiger partial charge in [0.2, 0.25) is 0 Å². The van der Waals surface area contributed by atoms with Crippen molar-refractivity contribution in [1.29, 1.82) is 0 Å². The minimum Gasteiger partial charge on any atom is -0.456 e. The van der Waals surface area contributed by atoms with Crippen molar-refractivity contribution in [2.24, 2.45) is 0 Å². The van der Waals surface area contributed by atoms with E-state index in [4.69, 9.17) is 19.4 Å². The molecule has 0 spiro atoms. The summed E-state index contributed by atoms with van der Waals surface area (Å²) in [4.78, 5) is 15.2. The third kappa shape index (κ3) is 4.19. The number of para-hydroxylation sites is 1. The fourth-order valence-electron chi connectivity index (χ4n) is 6.93. The maximum absolute atomic E-state index is 6.24. The largest absolute Gasteiger partial charge is 0.456 e. The summed E-state index contributed by atoms with van der Waals surface area (Å²) >= 11 is 0. The number of hydrogen-bond donors (Lipinski definition) is 0. The molecule has 0 unspecified atom stereocenters. The molecule has 0 saturated heterocycles. The summed E-state index contributed by atoms with van der Waals surface area (Å²) in [5, 5.41) is 11.6. The zero-order chi connectivity index (χ0) is 30.9. The Kier molecular flexibility index (Phi) is 5.54. The average Bonchev–Trinajstić information content (AvgIpc) is 3.53. The van der Waals surface area contributed by atoms with Gasteiger partial charge in [-0.05, 0) is 68.0 Å². The van der Waals surface area contributed by atoms with Gasteiger partial charge in [0.15, 0.2) is 17.5 Å². The fourth-order valence-corrected chi connectivity index (χ4v) is 6.93. The van der Waals surface area contributed by atoms with Crippen LogP contribution >= 0.6 is 0 Å². The van der Waals surface area contributed by atoms with Crippen LogP contribution in [0.3, 0.4) is 0 Å². The number of rotatable bonds is 3. The van der Waals surface area contributed by atoms with Crippen molar-refractivity contribution in [3.05, 3.63) is 152 Å². The smallest absolute Gasteiger partial charge is 0.164 e. The van der Waals surface area contributed by atoms with E-state index in [1.807, 2.05) is 12.1 Å². The Morgan fingerprint density at radius 1 is 0.319 bits per heavy atom. The molecule has 8 aromatic carbocycles. The van der Waals surface area contributed by atoms with Crippen molar-refractivity contribution >= 4 is 65.0 Å². The third-order valence-corrected chi connectivity index (χ3v) is 9.25. The molecule has 0 bridgehead atoms. The van der Waals surface area contributed by atoms with Crippen molar-refractivity contribution in [2.45, 2.75) is 0 Å². The topological polar surface area (TPSA) is 51.8 Å². The van der Waals surface area contributed by atoms with Gasteiger partial charge in [-0.2, -0.15) is 0 Å². The second-order valence-corrected chi connectivity index (χ2v) is 12.1. The third-order valence-electron chi connectivity index (χ3n) is 9.25. The maximum Gasteiger partial charge on any atom is 0.164 e. The van der Waals surface area contributed by atoms with Gasteiger partial charge in [-0.1, -0.05) is 121 Å². The zero-order valence-corrected chi connectivity index (χ0v) is 25.2. The predicted octanol–water partition coefficient (Wildman–Crippen LogP) is 11.4. The molecule has 47 heavy (non-hydrogen) atoms. The Morgan fingerprint density at radius 2 is 0.809 bits per heavy atom. The SMILES string of the molecule is c1ccc2cc(-c3nc(-c4ccc5ccccc5c4)nc(-c4ccc5c(ccc6ccc7oc8ccccc8c7c65)c4)n3)ccc2c1. The number of hydrogen-bond acceptors (Lipinski definition) is 4. The highest BCUT2D eigenvalue weighted by molar-refractivity contribution is 6.26. The van der Waals surface area contributed by atoms with E-state index in [0.717, 1.165) is 54.8 Å². The van der Waals surface area contributed by atoms with Crippen molar-refractivity contribution in [2.75, 3.05) is 0 Å². The van der Waals surface area contributed by atoms with Gasteiger partial charge in [0.05, 0.1) is 0 Å². The first kappa shape index (κ1) is 25.9. The molecule has 0 amide bonds. The molecule has 0 radical (unpaired) electrons. The van der Waals surface area contributed by atoms with Gasteiger partial charge in [-0.15, -0.1) is 0 Å². The van der Waals surface area contributed by atoms with E-state index in [9.17, 15) is 0 Å². The van der Waals surface area contributed by atoms with Crippen LogP contribution in [0.1, 0.15) is 0 Å². The minimum absolute atomic E-state index is 0.639. The zero-order valence-electron chi connectivity index (χ0n) is 25.2. The highest BCUT2D eigenvalue weighted by Gasteiger charge is 2.16. The van der Waals surface area contributed by atoms with Crippen LogP contribution in [0.25, 0.3) is 99.2 Å².